The Morgan fingerprint density at radius 2 is 1.93 bits per heavy atom. The molecule has 0 aliphatic carbocycles. The smallest absolute Gasteiger partial charge is 0.246 e. The van der Waals surface area contributed by atoms with Gasteiger partial charge in [-0.05, 0) is 30.9 Å². The molecular weight excluding hydrogens is 384 g/mol. The molecule has 1 saturated heterocycles. The largest absolute Gasteiger partial charge is 0.338 e. The van der Waals surface area contributed by atoms with Crippen molar-refractivity contribution >= 4 is 23.6 Å². The Hall–Kier alpha value is -2.11. The molecule has 1 aromatic heterocycles. The van der Waals surface area contributed by atoms with Crippen LogP contribution in [0.5, 0.6) is 0 Å². The van der Waals surface area contributed by atoms with Gasteiger partial charge >= 0.3 is 0 Å². The first kappa shape index (κ1) is 21.6. The van der Waals surface area contributed by atoms with Crippen LogP contribution in [0.25, 0.3) is 6.08 Å². The number of halogens is 1. The maximum absolute atomic E-state index is 12.7. The lowest BCUT2D eigenvalue weighted by molar-refractivity contribution is -0.125. The lowest BCUT2D eigenvalue weighted by atomic mass is 10.2. The van der Waals surface area contributed by atoms with Gasteiger partial charge in [-0.3, -0.25) is 14.4 Å². The van der Waals surface area contributed by atoms with Crippen molar-refractivity contribution in [1.82, 2.24) is 19.6 Å². The number of amides is 1. The van der Waals surface area contributed by atoms with Crippen molar-refractivity contribution in [2.75, 3.05) is 26.2 Å². The van der Waals surface area contributed by atoms with Crippen LogP contribution in [0.3, 0.4) is 0 Å². The zero-order valence-corrected chi connectivity index (χ0v) is 18.4. The van der Waals surface area contributed by atoms with Gasteiger partial charge in [-0.1, -0.05) is 55.8 Å². The number of hydrogen-bond acceptors (Lipinski definition) is 3. The first-order valence-corrected chi connectivity index (χ1v) is 10.8. The Morgan fingerprint density at radius 3 is 2.66 bits per heavy atom. The molecule has 0 atom stereocenters. The van der Waals surface area contributed by atoms with E-state index in [0.29, 0.717) is 11.1 Å². The van der Waals surface area contributed by atoms with Gasteiger partial charge in [0, 0.05) is 50.9 Å². The third-order valence-corrected chi connectivity index (χ3v) is 5.59. The zero-order valence-electron chi connectivity index (χ0n) is 17.6. The average Bonchev–Trinajstić information content (AvgIpc) is 2.85. The second-order valence-electron chi connectivity index (χ2n) is 8.14. The minimum atomic E-state index is 0.0404. The predicted octanol–water partition coefficient (Wildman–Crippen LogP) is 4.25. The molecule has 1 fully saturated rings. The van der Waals surface area contributed by atoms with Crippen molar-refractivity contribution in [1.29, 1.82) is 0 Å². The summed E-state index contributed by atoms with van der Waals surface area (Å²) < 4.78 is 1.82. The normalized spacial score (nSPS) is 16.0. The third-order valence-electron chi connectivity index (χ3n) is 5.19. The Balaban J connectivity index is 1.59. The molecule has 3 rings (SSSR count). The molecule has 156 valence electrons. The van der Waals surface area contributed by atoms with Crippen molar-refractivity contribution in [3.8, 4) is 0 Å². The quantitative estimate of drug-likeness (QED) is 0.663. The van der Waals surface area contributed by atoms with Crippen LogP contribution in [0.1, 0.15) is 37.1 Å². The number of benzene rings is 1. The lowest BCUT2D eigenvalue weighted by Crippen LogP contribution is -2.34. The molecular formula is C23H31ClN4O. The zero-order chi connectivity index (χ0) is 20.8. The van der Waals surface area contributed by atoms with E-state index in [2.05, 4.69) is 48.1 Å². The van der Waals surface area contributed by atoms with E-state index < -0.39 is 0 Å². The van der Waals surface area contributed by atoms with Gasteiger partial charge in [-0.2, -0.15) is 5.10 Å². The van der Waals surface area contributed by atoms with Crippen molar-refractivity contribution < 1.29 is 4.79 Å². The van der Waals surface area contributed by atoms with E-state index in [1.54, 1.807) is 6.08 Å². The monoisotopic (exact) mass is 414 g/mol. The maximum atomic E-state index is 12.7. The second kappa shape index (κ2) is 10.1. The number of aromatic nitrogens is 2. The van der Waals surface area contributed by atoms with Crippen molar-refractivity contribution in [2.45, 2.75) is 40.3 Å². The summed E-state index contributed by atoms with van der Waals surface area (Å²) in [6.45, 7) is 11.3. The Labute approximate surface area is 178 Å². The Kier molecular flexibility index (Phi) is 7.51. The molecule has 1 aromatic carbocycles. The highest BCUT2D eigenvalue weighted by Gasteiger charge is 2.18. The van der Waals surface area contributed by atoms with Crippen LogP contribution in [0, 0.1) is 12.8 Å². The van der Waals surface area contributed by atoms with E-state index in [-0.39, 0.29) is 5.91 Å². The molecule has 0 saturated carbocycles. The highest BCUT2D eigenvalue weighted by atomic mass is 35.5. The Morgan fingerprint density at radius 1 is 1.17 bits per heavy atom. The van der Waals surface area contributed by atoms with Crippen LogP contribution in [0.2, 0.25) is 5.15 Å². The van der Waals surface area contributed by atoms with Gasteiger partial charge < -0.3 is 4.90 Å². The summed E-state index contributed by atoms with van der Waals surface area (Å²) in [7, 11) is 0. The van der Waals surface area contributed by atoms with E-state index in [1.165, 1.54) is 5.56 Å². The van der Waals surface area contributed by atoms with Gasteiger partial charge in [0.05, 0.1) is 5.69 Å². The van der Waals surface area contributed by atoms with Crippen LogP contribution in [0.15, 0.2) is 36.4 Å². The lowest BCUT2D eigenvalue weighted by Gasteiger charge is -2.21. The third kappa shape index (κ3) is 5.94. The molecule has 0 N–H and O–H groups in total. The second-order valence-corrected chi connectivity index (χ2v) is 8.50. The van der Waals surface area contributed by atoms with E-state index in [1.807, 2.05) is 28.6 Å². The number of hydrogen-bond donors (Lipinski definition) is 0. The summed E-state index contributed by atoms with van der Waals surface area (Å²) >= 11 is 6.48. The molecule has 2 aromatic rings. The van der Waals surface area contributed by atoms with Gasteiger partial charge in [-0.25, -0.2) is 0 Å². The van der Waals surface area contributed by atoms with Crippen molar-refractivity contribution in [3.05, 3.63) is 58.4 Å². The van der Waals surface area contributed by atoms with Crippen LogP contribution in [-0.4, -0.2) is 51.7 Å². The number of nitrogens with zero attached hydrogens (tertiary/aromatic N) is 4. The SMILES string of the molecule is Cc1nn(CC(C)C)c(Cl)c1/C=C/C(=O)N1CCCN(Cc2ccccc2)CC1. The summed E-state index contributed by atoms with van der Waals surface area (Å²) in [6.07, 6.45) is 4.44. The van der Waals surface area contributed by atoms with Crippen molar-refractivity contribution in [3.63, 3.8) is 0 Å². The fourth-order valence-corrected chi connectivity index (χ4v) is 3.98. The summed E-state index contributed by atoms with van der Waals surface area (Å²) in [5.41, 5.74) is 3.00. The molecule has 1 aliphatic heterocycles. The summed E-state index contributed by atoms with van der Waals surface area (Å²) in [5, 5.41) is 5.11. The molecule has 2 heterocycles. The minimum Gasteiger partial charge on any atom is -0.338 e. The van der Waals surface area contributed by atoms with Crippen LogP contribution < -0.4 is 0 Å². The maximum Gasteiger partial charge on any atom is 0.246 e. The summed E-state index contributed by atoms with van der Waals surface area (Å²) in [4.78, 5) is 17.1. The molecule has 1 amide bonds. The topological polar surface area (TPSA) is 41.4 Å². The summed E-state index contributed by atoms with van der Waals surface area (Å²) in [6, 6.07) is 10.5. The van der Waals surface area contributed by atoms with Gasteiger partial charge in [0.25, 0.3) is 0 Å². The molecule has 0 unspecified atom stereocenters. The predicted molar refractivity (Wildman–Crippen MR) is 119 cm³/mol. The first-order valence-electron chi connectivity index (χ1n) is 10.4. The van der Waals surface area contributed by atoms with E-state index in [9.17, 15) is 4.79 Å². The molecule has 29 heavy (non-hydrogen) atoms. The average molecular weight is 415 g/mol. The molecule has 1 aliphatic rings. The molecule has 6 heteroatoms. The molecule has 0 bridgehead atoms. The minimum absolute atomic E-state index is 0.0404. The first-order chi connectivity index (χ1) is 13.9. The van der Waals surface area contributed by atoms with Gasteiger partial charge in [0.15, 0.2) is 0 Å². The van der Waals surface area contributed by atoms with Crippen LogP contribution in [0.4, 0.5) is 0 Å². The standard InChI is InChI=1S/C23H31ClN4O/c1-18(2)16-28-23(24)21(19(3)25-28)10-11-22(29)27-13-7-12-26(14-15-27)17-20-8-5-4-6-9-20/h4-6,8-11,18H,7,12-17H2,1-3H3/b11-10+. The fourth-order valence-electron chi connectivity index (χ4n) is 3.67. The number of carbonyl (C=O) groups is 1. The highest BCUT2D eigenvalue weighted by molar-refractivity contribution is 6.31. The van der Waals surface area contributed by atoms with Gasteiger partial charge in [-0.15, -0.1) is 0 Å². The van der Waals surface area contributed by atoms with E-state index in [0.717, 1.165) is 56.9 Å². The highest BCUT2D eigenvalue weighted by Crippen LogP contribution is 2.22. The molecule has 5 nitrogen and oxygen atoms in total. The van der Waals surface area contributed by atoms with Gasteiger partial charge in [0.2, 0.25) is 5.91 Å². The van der Waals surface area contributed by atoms with Gasteiger partial charge in [0.1, 0.15) is 5.15 Å². The number of carbonyl (C=O) groups excluding carboxylic acids is 1. The number of aryl methyl sites for hydroxylation is 1. The molecule has 0 spiro atoms. The van der Waals surface area contributed by atoms with E-state index >= 15 is 0 Å². The Bertz CT molecular complexity index is 844. The summed E-state index contributed by atoms with van der Waals surface area (Å²) in [5.74, 6) is 0.500. The fraction of sp³-hybridized carbons (Fsp3) is 0.478. The van der Waals surface area contributed by atoms with Crippen LogP contribution >= 0.6 is 11.6 Å². The van der Waals surface area contributed by atoms with Crippen LogP contribution in [-0.2, 0) is 17.9 Å². The van der Waals surface area contributed by atoms with E-state index in [4.69, 9.17) is 11.6 Å². The molecule has 0 radical (unpaired) electrons. The number of rotatable bonds is 6. The van der Waals surface area contributed by atoms with Crippen molar-refractivity contribution in [2.24, 2.45) is 5.92 Å².